The second-order valence-corrected chi connectivity index (χ2v) is 7.85. The van der Waals surface area contributed by atoms with Gasteiger partial charge in [0, 0.05) is 5.02 Å². The Morgan fingerprint density at radius 1 is 1.03 bits per heavy atom. The van der Waals surface area contributed by atoms with Crippen molar-refractivity contribution in [3.8, 4) is 5.75 Å². The topological polar surface area (TPSA) is 54.3 Å². The van der Waals surface area contributed by atoms with E-state index in [1.807, 2.05) is 19.1 Å². The summed E-state index contributed by atoms with van der Waals surface area (Å²) < 4.78 is 46.4. The Morgan fingerprint density at radius 2 is 1.72 bits per heavy atom. The van der Waals surface area contributed by atoms with Crippen LogP contribution in [0.1, 0.15) is 15.9 Å². The van der Waals surface area contributed by atoms with Gasteiger partial charge in [0.15, 0.2) is 0 Å². The first-order valence-corrected chi connectivity index (χ1v) is 10.4. The van der Waals surface area contributed by atoms with E-state index in [-0.39, 0.29) is 16.3 Å². The summed E-state index contributed by atoms with van der Waals surface area (Å²) in [6.07, 6.45) is -4.83. The lowest BCUT2D eigenvalue weighted by molar-refractivity contribution is -0.274. The lowest BCUT2D eigenvalue weighted by Gasteiger charge is -2.19. The number of carbonyl (C=O) groups is 1. The van der Waals surface area contributed by atoms with E-state index in [2.05, 4.69) is 14.4 Å². The second kappa shape index (κ2) is 10.2. The molecule has 0 saturated heterocycles. The normalized spacial score (nSPS) is 11.6. The van der Waals surface area contributed by atoms with Crippen molar-refractivity contribution in [3.63, 3.8) is 0 Å². The average Bonchev–Trinajstić information content (AvgIpc) is 2.72. The summed E-state index contributed by atoms with van der Waals surface area (Å²) in [5, 5.41) is 4.57. The standard InChI is InChI=1S/C21H14Cl2F3N3O2S/c1-13-4-2-3-5-19(13)27-28-32-29(20(30)17-11-6-14(22)12-18(17)23)15-7-9-16(10-8-15)31-21(24,25)26/h2-12H,1H3. The minimum Gasteiger partial charge on any atom is -0.406 e. The van der Waals surface area contributed by atoms with Crippen molar-refractivity contribution in [1.82, 2.24) is 0 Å². The third-order valence-corrected chi connectivity index (χ3v) is 5.28. The quantitative estimate of drug-likeness (QED) is 0.253. The van der Waals surface area contributed by atoms with Gasteiger partial charge in [-0.1, -0.05) is 45.9 Å². The lowest BCUT2D eigenvalue weighted by Crippen LogP contribution is -2.23. The maximum atomic E-state index is 13.2. The van der Waals surface area contributed by atoms with Crippen molar-refractivity contribution in [1.29, 1.82) is 0 Å². The number of amides is 1. The van der Waals surface area contributed by atoms with Gasteiger partial charge in [0.25, 0.3) is 5.91 Å². The maximum Gasteiger partial charge on any atom is 0.573 e. The van der Waals surface area contributed by atoms with E-state index in [1.165, 1.54) is 30.3 Å². The van der Waals surface area contributed by atoms with Gasteiger partial charge in [-0.3, -0.25) is 4.79 Å². The molecule has 166 valence electrons. The summed E-state index contributed by atoms with van der Waals surface area (Å²) in [4.78, 5) is 13.2. The van der Waals surface area contributed by atoms with Crippen LogP contribution in [0.3, 0.4) is 0 Å². The zero-order valence-corrected chi connectivity index (χ0v) is 18.6. The molecule has 0 heterocycles. The number of halogens is 5. The SMILES string of the molecule is Cc1ccccc1N=NSN(C(=O)c1ccc(Cl)cc1Cl)c1ccc(OC(F)(F)F)cc1. The number of hydrogen-bond donors (Lipinski definition) is 0. The van der Waals surface area contributed by atoms with Crippen LogP contribution in [0.5, 0.6) is 5.75 Å². The highest BCUT2D eigenvalue weighted by molar-refractivity contribution is 8.00. The van der Waals surface area contributed by atoms with E-state index in [9.17, 15) is 18.0 Å². The molecule has 0 aliphatic carbocycles. The molecule has 0 unspecified atom stereocenters. The molecule has 1 amide bonds. The van der Waals surface area contributed by atoms with Crippen LogP contribution in [-0.2, 0) is 0 Å². The smallest absolute Gasteiger partial charge is 0.406 e. The van der Waals surface area contributed by atoms with Gasteiger partial charge in [0.1, 0.15) is 17.9 Å². The predicted octanol–water partition coefficient (Wildman–Crippen LogP) is 8.19. The number of rotatable bonds is 6. The number of carbonyl (C=O) groups excluding carboxylic acids is 1. The number of anilines is 1. The number of aryl methyl sites for hydroxylation is 1. The molecule has 3 aromatic rings. The fourth-order valence-corrected chi connectivity index (χ4v) is 3.61. The van der Waals surface area contributed by atoms with Crippen LogP contribution >= 0.6 is 35.3 Å². The Labute approximate surface area is 196 Å². The lowest BCUT2D eigenvalue weighted by atomic mass is 10.2. The Kier molecular flexibility index (Phi) is 7.65. The van der Waals surface area contributed by atoms with Crippen molar-refractivity contribution < 1.29 is 22.7 Å². The highest BCUT2D eigenvalue weighted by atomic mass is 35.5. The van der Waals surface area contributed by atoms with Gasteiger partial charge in [0.2, 0.25) is 0 Å². The van der Waals surface area contributed by atoms with E-state index >= 15 is 0 Å². The van der Waals surface area contributed by atoms with E-state index < -0.39 is 18.0 Å². The fourth-order valence-electron chi connectivity index (χ4n) is 2.53. The molecule has 0 bridgehead atoms. The molecule has 0 N–H and O–H groups in total. The summed E-state index contributed by atoms with van der Waals surface area (Å²) in [6.45, 7) is 1.86. The van der Waals surface area contributed by atoms with Crippen LogP contribution in [0.4, 0.5) is 24.5 Å². The fraction of sp³-hybridized carbons (Fsp3) is 0.0952. The van der Waals surface area contributed by atoms with Gasteiger partial charge in [-0.15, -0.1) is 18.3 Å². The van der Waals surface area contributed by atoms with Crippen LogP contribution in [0.15, 0.2) is 76.4 Å². The molecule has 0 aromatic heterocycles. The molecule has 0 spiro atoms. The number of benzene rings is 3. The first-order valence-electron chi connectivity index (χ1n) is 8.93. The molecule has 0 aliphatic heterocycles. The Hall–Kier alpha value is -2.75. The molecule has 0 radical (unpaired) electrons. The van der Waals surface area contributed by atoms with Crippen LogP contribution in [0, 0.1) is 6.92 Å². The molecule has 3 rings (SSSR count). The summed E-state index contributed by atoms with van der Waals surface area (Å²) in [6, 6.07) is 16.4. The molecule has 0 atom stereocenters. The summed E-state index contributed by atoms with van der Waals surface area (Å²) in [5.74, 6) is -0.991. The largest absolute Gasteiger partial charge is 0.573 e. The van der Waals surface area contributed by atoms with Crippen LogP contribution in [0.25, 0.3) is 0 Å². The van der Waals surface area contributed by atoms with Gasteiger partial charge in [0.05, 0.1) is 22.0 Å². The molecule has 5 nitrogen and oxygen atoms in total. The maximum absolute atomic E-state index is 13.2. The summed E-state index contributed by atoms with van der Waals surface area (Å²) in [5.41, 5.74) is 1.85. The molecule has 3 aromatic carbocycles. The highest BCUT2D eigenvalue weighted by Crippen LogP contribution is 2.33. The van der Waals surface area contributed by atoms with Crippen LogP contribution < -0.4 is 9.04 Å². The summed E-state index contributed by atoms with van der Waals surface area (Å²) >= 11 is 12.8. The highest BCUT2D eigenvalue weighted by Gasteiger charge is 2.31. The van der Waals surface area contributed by atoms with Gasteiger partial charge in [-0.05, 0) is 61.0 Å². The molecule has 32 heavy (non-hydrogen) atoms. The third-order valence-electron chi connectivity index (χ3n) is 4.03. The minimum atomic E-state index is -4.83. The van der Waals surface area contributed by atoms with E-state index in [1.54, 1.807) is 12.1 Å². The first-order chi connectivity index (χ1) is 15.1. The van der Waals surface area contributed by atoms with Crippen molar-refractivity contribution >= 4 is 52.6 Å². The zero-order chi connectivity index (χ0) is 23.3. The number of hydrogen-bond acceptors (Lipinski definition) is 5. The van der Waals surface area contributed by atoms with Crippen molar-refractivity contribution in [2.75, 3.05) is 4.31 Å². The molecular formula is C21H14Cl2F3N3O2S. The Balaban J connectivity index is 1.91. The van der Waals surface area contributed by atoms with Crippen LogP contribution in [0.2, 0.25) is 10.0 Å². The van der Waals surface area contributed by atoms with Crippen molar-refractivity contribution in [3.05, 3.63) is 87.9 Å². The molecule has 0 aliphatic rings. The summed E-state index contributed by atoms with van der Waals surface area (Å²) in [7, 11) is 0. The van der Waals surface area contributed by atoms with E-state index in [0.29, 0.717) is 22.8 Å². The van der Waals surface area contributed by atoms with Gasteiger partial charge < -0.3 is 4.74 Å². The van der Waals surface area contributed by atoms with Crippen LogP contribution in [-0.4, -0.2) is 12.3 Å². The average molecular weight is 500 g/mol. The Morgan fingerprint density at radius 3 is 2.34 bits per heavy atom. The van der Waals surface area contributed by atoms with E-state index in [0.717, 1.165) is 22.0 Å². The zero-order valence-electron chi connectivity index (χ0n) is 16.3. The second-order valence-electron chi connectivity index (χ2n) is 6.32. The number of ether oxygens (including phenoxy) is 1. The first kappa shape index (κ1) is 23.9. The predicted molar refractivity (Wildman–Crippen MR) is 120 cm³/mol. The van der Waals surface area contributed by atoms with Gasteiger partial charge in [-0.2, -0.15) is 0 Å². The number of alkyl halides is 3. The van der Waals surface area contributed by atoms with Gasteiger partial charge >= 0.3 is 6.36 Å². The van der Waals surface area contributed by atoms with Crippen molar-refractivity contribution in [2.24, 2.45) is 9.63 Å². The van der Waals surface area contributed by atoms with Crippen molar-refractivity contribution in [2.45, 2.75) is 13.3 Å². The monoisotopic (exact) mass is 499 g/mol. The molecular weight excluding hydrogens is 486 g/mol. The molecule has 11 heteroatoms. The van der Waals surface area contributed by atoms with Gasteiger partial charge in [-0.25, -0.2) is 4.31 Å². The minimum absolute atomic E-state index is 0.112. The molecule has 0 saturated carbocycles. The Bertz CT molecular complexity index is 1140. The third kappa shape index (κ3) is 6.38. The van der Waals surface area contributed by atoms with E-state index in [4.69, 9.17) is 23.2 Å². The molecule has 0 fully saturated rings. The number of nitrogens with zero attached hydrogens (tertiary/aromatic N) is 3.